The zero-order valence-corrected chi connectivity index (χ0v) is 13.3. The van der Waals surface area contributed by atoms with E-state index in [-0.39, 0.29) is 0 Å². The fraction of sp³-hybridized carbons (Fsp3) is 0.158. The summed E-state index contributed by atoms with van der Waals surface area (Å²) in [5, 5.41) is 19.1. The monoisotopic (exact) mass is 311 g/mol. The van der Waals surface area contributed by atoms with E-state index in [1.54, 1.807) is 12.0 Å². The van der Waals surface area contributed by atoms with E-state index in [1.165, 1.54) is 0 Å². The molecule has 0 saturated heterocycles. The third-order valence-corrected chi connectivity index (χ3v) is 3.42. The van der Waals surface area contributed by atoms with Crippen molar-refractivity contribution >= 4 is 11.8 Å². The number of aliphatic hydroxyl groups is 2. The lowest BCUT2D eigenvalue weighted by atomic mass is 10.1. The largest absolute Gasteiger partial charge is 0.497 e. The van der Waals surface area contributed by atoms with Crippen molar-refractivity contribution in [2.75, 3.05) is 20.7 Å². The van der Waals surface area contributed by atoms with Crippen LogP contribution in [0.4, 0.5) is 0 Å². The van der Waals surface area contributed by atoms with Gasteiger partial charge in [0.1, 0.15) is 11.4 Å². The number of aliphatic hydroxyl groups excluding tert-OH is 1. The van der Waals surface area contributed by atoms with E-state index < -0.39 is 5.95 Å². The molecule has 0 amide bonds. The van der Waals surface area contributed by atoms with Crippen molar-refractivity contribution in [1.29, 1.82) is 0 Å². The first kappa shape index (κ1) is 16.5. The minimum absolute atomic E-state index is 0.390. The molecule has 4 nitrogen and oxygen atoms in total. The van der Waals surface area contributed by atoms with Gasteiger partial charge in [0.05, 0.1) is 7.11 Å². The Hall–Kier alpha value is -2.88. The summed E-state index contributed by atoms with van der Waals surface area (Å²) in [6.45, 7) is 0.534. The first-order chi connectivity index (χ1) is 11.1. The van der Waals surface area contributed by atoms with Crippen LogP contribution in [0.25, 0.3) is 11.8 Å². The quantitative estimate of drug-likeness (QED) is 0.789. The molecular weight excluding hydrogens is 290 g/mol. The van der Waals surface area contributed by atoms with Gasteiger partial charge >= 0.3 is 0 Å². The molecule has 0 aliphatic carbocycles. The second-order valence-corrected chi connectivity index (χ2v) is 5.10. The van der Waals surface area contributed by atoms with Crippen molar-refractivity contribution in [3.63, 3.8) is 0 Å². The van der Waals surface area contributed by atoms with Crippen LogP contribution in [0.2, 0.25) is 0 Å². The predicted molar refractivity (Wildman–Crippen MR) is 93.3 cm³/mol. The Balaban J connectivity index is 2.09. The third-order valence-electron chi connectivity index (χ3n) is 3.42. The van der Waals surface area contributed by atoms with Gasteiger partial charge in [-0.15, -0.1) is 0 Å². The molecule has 4 heteroatoms. The summed E-state index contributed by atoms with van der Waals surface area (Å²) in [5.41, 5.74) is 2.17. The van der Waals surface area contributed by atoms with Crippen molar-refractivity contribution < 1.29 is 14.9 Å². The number of methoxy groups -OCH3 is 1. The maximum atomic E-state index is 9.57. The number of nitrogens with zero attached hydrogens (tertiary/aromatic N) is 1. The standard InChI is InChI=1S/C19H21NO3/c1-20(18(19(21)22)16-10-4-3-5-11-16)13-7-9-15-8-6-12-17(14-15)23-2/h3-12,14,21-22H,13H2,1-2H3/b9-7+. The molecule has 2 aromatic carbocycles. The number of hydrogen-bond acceptors (Lipinski definition) is 4. The van der Waals surface area contributed by atoms with E-state index in [0.29, 0.717) is 12.2 Å². The van der Waals surface area contributed by atoms with Crippen LogP contribution in [0.15, 0.2) is 66.6 Å². The average molecular weight is 311 g/mol. The average Bonchev–Trinajstić information content (AvgIpc) is 2.56. The van der Waals surface area contributed by atoms with Crippen LogP contribution >= 0.6 is 0 Å². The molecule has 0 fully saturated rings. The summed E-state index contributed by atoms with van der Waals surface area (Å²) in [6.07, 6.45) is 3.93. The fourth-order valence-electron chi connectivity index (χ4n) is 2.30. The lowest BCUT2D eigenvalue weighted by molar-refractivity contribution is 0.186. The van der Waals surface area contributed by atoms with Crippen LogP contribution in [0.5, 0.6) is 5.75 Å². The SMILES string of the molecule is COc1cccc(/C=C/CN(C)C(=C(O)O)c2ccccc2)c1. The summed E-state index contributed by atoms with van der Waals surface area (Å²) in [5.74, 6) is 0.117. The maximum absolute atomic E-state index is 9.57. The molecule has 0 bridgehead atoms. The first-order valence-electron chi connectivity index (χ1n) is 7.31. The molecule has 0 spiro atoms. The summed E-state index contributed by atoms with van der Waals surface area (Å²) < 4.78 is 5.19. The summed E-state index contributed by atoms with van der Waals surface area (Å²) >= 11 is 0. The Kier molecular flexibility index (Phi) is 5.69. The molecule has 0 radical (unpaired) electrons. The predicted octanol–water partition coefficient (Wildman–Crippen LogP) is 4.08. The number of benzene rings is 2. The number of ether oxygens (including phenoxy) is 1. The smallest absolute Gasteiger partial charge is 0.299 e. The summed E-state index contributed by atoms with van der Waals surface area (Å²) in [7, 11) is 3.45. The third kappa shape index (κ3) is 4.54. The van der Waals surface area contributed by atoms with E-state index >= 15 is 0 Å². The van der Waals surface area contributed by atoms with Gasteiger partial charge in [0, 0.05) is 19.2 Å². The number of likely N-dealkylation sites (N-methyl/N-ethyl adjacent to an activating group) is 1. The van der Waals surface area contributed by atoms with Crippen LogP contribution in [-0.4, -0.2) is 35.8 Å². The first-order valence-corrected chi connectivity index (χ1v) is 7.31. The highest BCUT2D eigenvalue weighted by Crippen LogP contribution is 2.20. The zero-order chi connectivity index (χ0) is 16.7. The molecule has 0 aromatic heterocycles. The Bertz CT molecular complexity index is 689. The van der Waals surface area contributed by atoms with Crippen molar-refractivity contribution in [3.05, 3.63) is 77.7 Å². The lowest BCUT2D eigenvalue weighted by Crippen LogP contribution is -2.18. The van der Waals surface area contributed by atoms with Gasteiger partial charge in [0.25, 0.3) is 5.95 Å². The van der Waals surface area contributed by atoms with Crippen molar-refractivity contribution in [2.45, 2.75) is 0 Å². The molecule has 2 rings (SSSR count). The molecule has 0 heterocycles. The highest BCUT2D eigenvalue weighted by molar-refractivity contribution is 5.64. The van der Waals surface area contributed by atoms with Crippen molar-refractivity contribution in [1.82, 2.24) is 4.90 Å². The topological polar surface area (TPSA) is 52.9 Å². The lowest BCUT2D eigenvalue weighted by Gasteiger charge is -2.20. The normalized spacial score (nSPS) is 10.5. The van der Waals surface area contributed by atoms with Crippen LogP contribution in [-0.2, 0) is 0 Å². The second kappa shape index (κ2) is 7.94. The maximum Gasteiger partial charge on any atom is 0.299 e. The van der Waals surface area contributed by atoms with Gasteiger partial charge in [-0.2, -0.15) is 0 Å². The second-order valence-electron chi connectivity index (χ2n) is 5.10. The van der Waals surface area contributed by atoms with Crippen LogP contribution in [0.1, 0.15) is 11.1 Å². The van der Waals surface area contributed by atoms with E-state index in [1.807, 2.05) is 73.8 Å². The fourth-order valence-corrected chi connectivity index (χ4v) is 2.30. The number of hydrogen-bond donors (Lipinski definition) is 2. The zero-order valence-electron chi connectivity index (χ0n) is 13.3. The summed E-state index contributed by atoms with van der Waals surface area (Å²) in [4.78, 5) is 1.78. The number of rotatable bonds is 6. The molecule has 2 aromatic rings. The van der Waals surface area contributed by atoms with Gasteiger partial charge in [-0.05, 0) is 17.7 Å². The molecule has 23 heavy (non-hydrogen) atoms. The Labute approximate surface area is 136 Å². The van der Waals surface area contributed by atoms with Crippen LogP contribution in [0, 0.1) is 0 Å². The van der Waals surface area contributed by atoms with E-state index in [2.05, 4.69) is 0 Å². The van der Waals surface area contributed by atoms with Gasteiger partial charge in [-0.1, -0.05) is 54.6 Å². The van der Waals surface area contributed by atoms with Crippen molar-refractivity contribution in [3.8, 4) is 5.75 Å². The van der Waals surface area contributed by atoms with Gasteiger partial charge in [-0.25, -0.2) is 0 Å². The molecule has 0 saturated carbocycles. The summed E-state index contributed by atoms with van der Waals surface area (Å²) in [6, 6.07) is 17.0. The minimum atomic E-state index is -0.687. The van der Waals surface area contributed by atoms with Crippen LogP contribution in [0.3, 0.4) is 0 Å². The minimum Gasteiger partial charge on any atom is -0.497 e. The van der Waals surface area contributed by atoms with Gasteiger partial charge < -0.3 is 19.8 Å². The Morgan fingerprint density at radius 3 is 2.48 bits per heavy atom. The Morgan fingerprint density at radius 2 is 1.83 bits per heavy atom. The molecule has 0 aliphatic rings. The van der Waals surface area contributed by atoms with E-state index in [9.17, 15) is 10.2 Å². The Morgan fingerprint density at radius 1 is 1.09 bits per heavy atom. The molecule has 120 valence electrons. The molecular formula is C19H21NO3. The van der Waals surface area contributed by atoms with E-state index in [0.717, 1.165) is 16.9 Å². The molecule has 2 N–H and O–H groups in total. The molecule has 0 aliphatic heterocycles. The van der Waals surface area contributed by atoms with E-state index in [4.69, 9.17) is 4.74 Å². The van der Waals surface area contributed by atoms with Crippen LogP contribution < -0.4 is 4.74 Å². The highest BCUT2D eigenvalue weighted by Gasteiger charge is 2.12. The van der Waals surface area contributed by atoms with Crippen molar-refractivity contribution in [2.24, 2.45) is 0 Å². The van der Waals surface area contributed by atoms with Gasteiger partial charge in [0.15, 0.2) is 0 Å². The molecule has 0 unspecified atom stereocenters. The molecule has 0 atom stereocenters. The van der Waals surface area contributed by atoms with Gasteiger partial charge in [0.2, 0.25) is 0 Å². The van der Waals surface area contributed by atoms with Gasteiger partial charge in [-0.3, -0.25) is 0 Å². The highest BCUT2D eigenvalue weighted by atomic mass is 16.5.